The van der Waals surface area contributed by atoms with E-state index in [2.05, 4.69) is 10.6 Å². The summed E-state index contributed by atoms with van der Waals surface area (Å²) in [6.45, 7) is 0.222. The molecule has 0 aromatic heterocycles. The van der Waals surface area contributed by atoms with Crippen molar-refractivity contribution in [1.82, 2.24) is 15.5 Å². The highest BCUT2D eigenvalue weighted by Crippen LogP contribution is 2.33. The van der Waals surface area contributed by atoms with Gasteiger partial charge < -0.3 is 10.6 Å². The molecular weight excluding hydrogens is 382 g/mol. The van der Waals surface area contributed by atoms with Gasteiger partial charge in [-0.3, -0.25) is 14.5 Å². The van der Waals surface area contributed by atoms with Gasteiger partial charge in [0.15, 0.2) is 0 Å². The van der Waals surface area contributed by atoms with Crippen molar-refractivity contribution in [2.45, 2.75) is 16.9 Å². The Hall–Kier alpha value is -1.38. The summed E-state index contributed by atoms with van der Waals surface area (Å²) < 4.78 is 0. The molecule has 0 radical (unpaired) electrons. The van der Waals surface area contributed by atoms with Crippen molar-refractivity contribution in [3.05, 3.63) is 29.3 Å². The van der Waals surface area contributed by atoms with Crippen LogP contribution in [0.3, 0.4) is 0 Å². The zero-order chi connectivity index (χ0) is 17.9. The maximum atomic E-state index is 12.5. The van der Waals surface area contributed by atoms with Gasteiger partial charge in [0.1, 0.15) is 12.1 Å². The summed E-state index contributed by atoms with van der Waals surface area (Å²) in [7, 11) is 0. The van der Waals surface area contributed by atoms with Crippen LogP contribution in [0.2, 0.25) is 5.02 Å². The number of rotatable bonds is 6. The van der Waals surface area contributed by atoms with E-state index >= 15 is 0 Å². The van der Waals surface area contributed by atoms with Gasteiger partial charge >= 0.3 is 6.03 Å². The fourth-order valence-electron chi connectivity index (χ4n) is 2.74. The van der Waals surface area contributed by atoms with Crippen LogP contribution in [0.25, 0.3) is 0 Å². The normalized spacial score (nSPS) is 22.5. The first-order valence-corrected chi connectivity index (χ1v) is 10.4. The van der Waals surface area contributed by atoms with Crippen LogP contribution in [0, 0.1) is 0 Å². The fraction of sp³-hybridized carbons (Fsp3) is 0.438. The Labute approximate surface area is 159 Å². The topological polar surface area (TPSA) is 78.5 Å². The molecule has 2 heterocycles. The molecule has 1 atom stereocenters. The molecule has 0 aliphatic carbocycles. The molecule has 6 nitrogen and oxygen atoms in total. The van der Waals surface area contributed by atoms with Gasteiger partial charge in [0, 0.05) is 28.0 Å². The van der Waals surface area contributed by atoms with Crippen LogP contribution in [0.15, 0.2) is 29.2 Å². The molecule has 1 aromatic carbocycles. The summed E-state index contributed by atoms with van der Waals surface area (Å²) in [6, 6.07) is 7.00. The smallest absolute Gasteiger partial charge is 0.325 e. The Balaban J connectivity index is 1.42. The van der Waals surface area contributed by atoms with Gasteiger partial charge in [-0.05, 0) is 36.4 Å². The van der Waals surface area contributed by atoms with Gasteiger partial charge in [-0.25, -0.2) is 4.79 Å². The number of nitrogens with one attached hydrogen (secondary N) is 2. The number of nitrogens with zero attached hydrogens (tertiary/aromatic N) is 1. The quantitative estimate of drug-likeness (QED) is 0.434. The standard InChI is InChI=1S/C16H18ClN3O3S2/c17-11-1-3-12(4-2-11)25-8-6-18-13(21)9-20-14(22)16(19-15(20)23)5-7-24-10-16/h1-4H,5-10H2,(H,18,21)(H,19,23)/t16-/m1/s1. The number of urea groups is 1. The molecule has 2 N–H and O–H groups in total. The molecule has 0 bridgehead atoms. The SMILES string of the molecule is O=C(CN1C(=O)N[C@@]2(CCSC2)C1=O)NCCSc1ccc(Cl)cc1. The molecule has 1 spiro atoms. The van der Waals surface area contributed by atoms with Crippen molar-refractivity contribution < 1.29 is 14.4 Å². The molecule has 2 aliphatic rings. The number of hydrogen-bond donors (Lipinski definition) is 2. The molecule has 2 aliphatic heterocycles. The van der Waals surface area contributed by atoms with E-state index in [1.165, 1.54) is 0 Å². The monoisotopic (exact) mass is 399 g/mol. The van der Waals surface area contributed by atoms with Gasteiger partial charge in [-0.2, -0.15) is 11.8 Å². The molecule has 4 amide bonds. The van der Waals surface area contributed by atoms with E-state index in [1.807, 2.05) is 24.3 Å². The molecule has 9 heteroatoms. The maximum absolute atomic E-state index is 12.5. The van der Waals surface area contributed by atoms with E-state index in [4.69, 9.17) is 11.6 Å². The summed E-state index contributed by atoms with van der Waals surface area (Å²) in [5, 5.41) is 6.18. The lowest BCUT2D eigenvalue weighted by atomic mass is 9.99. The maximum Gasteiger partial charge on any atom is 0.325 e. The van der Waals surface area contributed by atoms with Gasteiger partial charge in [-0.1, -0.05) is 11.6 Å². The summed E-state index contributed by atoms with van der Waals surface area (Å²) in [6.07, 6.45) is 0.623. The Kier molecular flexibility index (Phi) is 5.81. The predicted octanol–water partition coefficient (Wildman–Crippen LogP) is 1.98. The van der Waals surface area contributed by atoms with E-state index < -0.39 is 11.6 Å². The lowest BCUT2D eigenvalue weighted by Gasteiger charge is -2.19. The molecule has 0 saturated carbocycles. The third-order valence-corrected chi connectivity index (χ3v) is 6.53. The van der Waals surface area contributed by atoms with Crippen LogP contribution in [-0.4, -0.2) is 58.6 Å². The molecule has 134 valence electrons. The zero-order valence-electron chi connectivity index (χ0n) is 13.4. The molecule has 1 aromatic rings. The third kappa shape index (κ3) is 4.24. The Morgan fingerprint density at radius 1 is 1.36 bits per heavy atom. The molecule has 2 fully saturated rings. The van der Waals surface area contributed by atoms with Crippen molar-refractivity contribution in [3.8, 4) is 0 Å². The van der Waals surface area contributed by atoms with E-state index in [9.17, 15) is 14.4 Å². The number of amides is 4. The number of carbonyl (C=O) groups excluding carboxylic acids is 3. The van der Waals surface area contributed by atoms with Gasteiger partial charge in [0.25, 0.3) is 5.91 Å². The summed E-state index contributed by atoms with van der Waals surface area (Å²) in [5.41, 5.74) is -0.799. The van der Waals surface area contributed by atoms with Crippen molar-refractivity contribution in [2.24, 2.45) is 0 Å². The van der Waals surface area contributed by atoms with Crippen molar-refractivity contribution in [3.63, 3.8) is 0 Å². The number of halogens is 1. The molecular formula is C16H18ClN3O3S2. The van der Waals surface area contributed by atoms with Crippen LogP contribution >= 0.6 is 35.1 Å². The van der Waals surface area contributed by atoms with Gasteiger partial charge in [0.2, 0.25) is 5.91 Å². The largest absolute Gasteiger partial charge is 0.354 e. The number of carbonyl (C=O) groups is 3. The molecule has 25 heavy (non-hydrogen) atoms. The Morgan fingerprint density at radius 2 is 2.12 bits per heavy atom. The summed E-state index contributed by atoms with van der Waals surface area (Å²) in [5.74, 6) is 1.49. The van der Waals surface area contributed by atoms with E-state index in [-0.39, 0.29) is 18.4 Å². The Bertz CT molecular complexity index is 678. The second-order valence-corrected chi connectivity index (χ2v) is 8.57. The minimum absolute atomic E-state index is 0.233. The highest BCUT2D eigenvalue weighted by Gasteiger charge is 2.53. The molecule has 3 rings (SSSR count). The first-order chi connectivity index (χ1) is 12.0. The van der Waals surface area contributed by atoms with E-state index in [0.29, 0.717) is 29.5 Å². The fourth-order valence-corrected chi connectivity index (χ4v) is 4.96. The number of hydrogen-bond acceptors (Lipinski definition) is 5. The molecule has 2 saturated heterocycles. The van der Waals surface area contributed by atoms with Crippen LogP contribution in [0.1, 0.15) is 6.42 Å². The van der Waals surface area contributed by atoms with Crippen LogP contribution in [0.5, 0.6) is 0 Å². The minimum Gasteiger partial charge on any atom is -0.354 e. The lowest BCUT2D eigenvalue weighted by Crippen LogP contribution is -2.47. The average Bonchev–Trinajstić information content (AvgIpc) is 3.14. The van der Waals surface area contributed by atoms with Crippen LogP contribution < -0.4 is 10.6 Å². The average molecular weight is 400 g/mol. The van der Waals surface area contributed by atoms with Gasteiger partial charge in [0.05, 0.1) is 0 Å². The zero-order valence-corrected chi connectivity index (χ0v) is 15.8. The number of imide groups is 1. The first-order valence-electron chi connectivity index (χ1n) is 7.87. The number of benzene rings is 1. The van der Waals surface area contributed by atoms with Crippen molar-refractivity contribution in [2.75, 3.05) is 30.3 Å². The van der Waals surface area contributed by atoms with E-state index in [0.717, 1.165) is 15.5 Å². The molecule has 0 unspecified atom stereocenters. The summed E-state index contributed by atoms with van der Waals surface area (Å²) >= 11 is 9.06. The second-order valence-electron chi connectivity index (χ2n) is 5.86. The second kappa shape index (κ2) is 7.88. The van der Waals surface area contributed by atoms with Crippen molar-refractivity contribution in [1.29, 1.82) is 0 Å². The number of thioether (sulfide) groups is 2. The minimum atomic E-state index is -0.799. The third-order valence-electron chi connectivity index (χ3n) is 4.08. The van der Waals surface area contributed by atoms with E-state index in [1.54, 1.807) is 23.5 Å². The van der Waals surface area contributed by atoms with Crippen LogP contribution in [0.4, 0.5) is 4.79 Å². The predicted molar refractivity (Wildman–Crippen MR) is 100 cm³/mol. The van der Waals surface area contributed by atoms with Crippen molar-refractivity contribution >= 4 is 53.0 Å². The highest BCUT2D eigenvalue weighted by molar-refractivity contribution is 7.99. The highest BCUT2D eigenvalue weighted by atomic mass is 35.5. The van der Waals surface area contributed by atoms with Crippen LogP contribution in [-0.2, 0) is 9.59 Å². The lowest BCUT2D eigenvalue weighted by molar-refractivity contribution is -0.134. The first kappa shape index (κ1) is 18.4. The van der Waals surface area contributed by atoms with Gasteiger partial charge in [-0.15, -0.1) is 11.8 Å². The Morgan fingerprint density at radius 3 is 2.80 bits per heavy atom. The summed E-state index contributed by atoms with van der Waals surface area (Å²) in [4.78, 5) is 38.6.